The Morgan fingerprint density at radius 1 is 1.21 bits per heavy atom. The predicted molar refractivity (Wildman–Crippen MR) is 110 cm³/mol. The van der Waals surface area contributed by atoms with Crippen molar-refractivity contribution in [2.24, 2.45) is 4.99 Å². The lowest BCUT2D eigenvalue weighted by molar-refractivity contribution is -0.504. The van der Waals surface area contributed by atoms with Gasteiger partial charge in [0.2, 0.25) is 11.6 Å². The van der Waals surface area contributed by atoms with Gasteiger partial charge in [-0.25, -0.2) is 14.2 Å². The summed E-state index contributed by atoms with van der Waals surface area (Å²) in [6.45, 7) is 3.56. The monoisotopic (exact) mass is 375 g/mol. The van der Waals surface area contributed by atoms with Crippen molar-refractivity contribution in [2.75, 3.05) is 18.8 Å². The average Bonchev–Trinajstić information content (AvgIpc) is 3.34. The second kappa shape index (κ2) is 7.64. The summed E-state index contributed by atoms with van der Waals surface area (Å²) < 4.78 is 3.96. The average molecular weight is 375 g/mol. The van der Waals surface area contributed by atoms with Crippen molar-refractivity contribution in [3.05, 3.63) is 60.5 Å². The van der Waals surface area contributed by atoms with Gasteiger partial charge in [-0.3, -0.25) is 4.79 Å². The van der Waals surface area contributed by atoms with Gasteiger partial charge in [-0.05, 0) is 18.2 Å². The number of amides is 1. The summed E-state index contributed by atoms with van der Waals surface area (Å²) in [4.78, 5) is 16.4. The Labute approximate surface area is 163 Å². The van der Waals surface area contributed by atoms with Gasteiger partial charge >= 0.3 is 0 Å². The van der Waals surface area contributed by atoms with Gasteiger partial charge in [-0.1, -0.05) is 18.2 Å². The third-order valence-electron chi connectivity index (χ3n) is 4.79. The summed E-state index contributed by atoms with van der Waals surface area (Å²) in [5, 5.41) is 7.24. The molecule has 0 spiro atoms. The van der Waals surface area contributed by atoms with Crippen LogP contribution < -0.4 is 11.1 Å². The molecular formula is C21H23N6O+. The first-order chi connectivity index (χ1) is 13.6. The van der Waals surface area contributed by atoms with Crippen LogP contribution in [-0.4, -0.2) is 44.8 Å². The van der Waals surface area contributed by atoms with Crippen molar-refractivity contribution < 1.29 is 9.37 Å². The molecule has 142 valence electrons. The standard InChI is InChI=1S/C21H22N6O/c1-15(28)24-19-13-17(26-11-5-6-12-26)9-10-18(19)25-20-14-23-27(21(20)22)16-7-3-2-4-8-16/h2-4,7-10,13-14H,5-6,11-12H2,1H3,(H2,22,23,24,28)/p+1. The highest BCUT2D eigenvalue weighted by molar-refractivity contribution is 6.21. The molecule has 3 N–H and O–H groups in total. The van der Waals surface area contributed by atoms with Crippen molar-refractivity contribution in [3.63, 3.8) is 0 Å². The number of carbonyl (C=O) groups excluding carboxylic acids is 1. The van der Waals surface area contributed by atoms with Crippen molar-refractivity contribution in [1.82, 2.24) is 15.1 Å². The van der Waals surface area contributed by atoms with E-state index >= 15 is 0 Å². The highest BCUT2D eigenvalue weighted by Crippen LogP contribution is 2.25. The number of nitrogen functional groups attached to an aromatic ring is 1. The van der Waals surface area contributed by atoms with Crippen LogP contribution in [0.25, 0.3) is 5.69 Å². The van der Waals surface area contributed by atoms with Gasteiger partial charge in [0.15, 0.2) is 5.82 Å². The minimum absolute atomic E-state index is 0.136. The molecule has 4 rings (SSSR count). The van der Waals surface area contributed by atoms with Crippen LogP contribution in [0.2, 0.25) is 0 Å². The number of aliphatic imine (C=N–C) groups is 1. The zero-order valence-corrected chi connectivity index (χ0v) is 15.8. The zero-order valence-electron chi connectivity index (χ0n) is 15.8. The Kier molecular flexibility index (Phi) is 4.89. The Bertz CT molecular complexity index is 1020. The first-order valence-corrected chi connectivity index (χ1v) is 9.39. The molecular weight excluding hydrogens is 352 g/mol. The van der Waals surface area contributed by atoms with Crippen molar-refractivity contribution in [2.45, 2.75) is 19.8 Å². The molecule has 28 heavy (non-hydrogen) atoms. The lowest BCUT2D eigenvalue weighted by Crippen LogP contribution is -2.28. The van der Waals surface area contributed by atoms with E-state index in [1.807, 2.05) is 48.6 Å². The maximum Gasteiger partial charge on any atom is 0.221 e. The van der Waals surface area contributed by atoms with Crippen LogP contribution in [0.15, 0.2) is 65.4 Å². The van der Waals surface area contributed by atoms with E-state index in [2.05, 4.69) is 20.0 Å². The topological polar surface area (TPSA) is 88.3 Å². The number of nitrogens with one attached hydrogen (secondary N) is 1. The summed E-state index contributed by atoms with van der Waals surface area (Å²) in [5.41, 5.74) is 10.1. The zero-order chi connectivity index (χ0) is 19.5. The first kappa shape index (κ1) is 17.9. The minimum Gasteiger partial charge on any atom is -0.382 e. The molecule has 1 fully saturated rings. The minimum atomic E-state index is -0.136. The molecule has 1 aliphatic heterocycles. The normalized spacial score (nSPS) is 17.9. The third-order valence-corrected chi connectivity index (χ3v) is 4.79. The Hall–Kier alpha value is -3.48. The van der Waals surface area contributed by atoms with Crippen LogP contribution in [0.5, 0.6) is 0 Å². The molecule has 0 radical (unpaired) electrons. The number of nitrogens with zero attached hydrogens (tertiary/aromatic N) is 4. The number of nitrogens with two attached hydrogens (primary N) is 1. The fourth-order valence-corrected chi connectivity index (χ4v) is 3.42. The molecule has 1 saturated heterocycles. The highest BCUT2D eigenvalue weighted by atomic mass is 16.1. The van der Waals surface area contributed by atoms with Gasteiger partial charge in [0.1, 0.15) is 18.8 Å². The molecule has 1 aromatic carbocycles. The lowest BCUT2D eigenvalue weighted by atomic mass is 10.1. The van der Waals surface area contributed by atoms with Crippen LogP contribution in [0.4, 0.5) is 11.5 Å². The van der Waals surface area contributed by atoms with E-state index in [1.54, 1.807) is 10.9 Å². The molecule has 2 heterocycles. The molecule has 1 aliphatic carbocycles. The number of hydrogen-bond acceptors (Lipinski definition) is 4. The Morgan fingerprint density at radius 2 is 1.96 bits per heavy atom. The maximum atomic E-state index is 11.7. The number of aromatic nitrogens is 2. The van der Waals surface area contributed by atoms with Gasteiger partial charge in [-0.2, -0.15) is 5.10 Å². The number of anilines is 1. The number of para-hydroxylation sites is 1. The number of allylic oxidation sites excluding steroid dienone is 3. The van der Waals surface area contributed by atoms with Crippen molar-refractivity contribution >= 4 is 28.8 Å². The van der Waals surface area contributed by atoms with Gasteiger partial charge in [0, 0.05) is 31.9 Å². The second-order valence-corrected chi connectivity index (χ2v) is 6.85. The molecule has 0 saturated carbocycles. The summed E-state index contributed by atoms with van der Waals surface area (Å²) in [7, 11) is 0. The molecule has 2 aliphatic rings. The fourth-order valence-electron chi connectivity index (χ4n) is 3.42. The summed E-state index contributed by atoms with van der Waals surface area (Å²) in [5.74, 6) is 0.312. The van der Waals surface area contributed by atoms with Crippen LogP contribution in [0.1, 0.15) is 19.8 Å². The summed E-state index contributed by atoms with van der Waals surface area (Å²) >= 11 is 0. The molecule has 0 unspecified atom stereocenters. The molecule has 7 nitrogen and oxygen atoms in total. The van der Waals surface area contributed by atoms with Crippen LogP contribution in [0.3, 0.4) is 0 Å². The Balaban J connectivity index is 1.70. The second-order valence-electron chi connectivity index (χ2n) is 6.85. The summed E-state index contributed by atoms with van der Waals surface area (Å²) in [6, 6.07) is 9.66. The van der Waals surface area contributed by atoms with E-state index in [1.165, 1.54) is 19.8 Å². The molecule has 7 heteroatoms. The number of benzene rings is 1. The van der Waals surface area contributed by atoms with E-state index in [9.17, 15) is 4.79 Å². The largest absolute Gasteiger partial charge is 0.382 e. The predicted octanol–water partition coefficient (Wildman–Crippen LogP) is 2.36. The van der Waals surface area contributed by atoms with Crippen LogP contribution >= 0.6 is 0 Å². The Morgan fingerprint density at radius 3 is 2.68 bits per heavy atom. The van der Waals surface area contributed by atoms with Crippen LogP contribution in [0, 0.1) is 0 Å². The number of hydrogen-bond donors (Lipinski definition) is 2. The molecule has 1 amide bonds. The van der Waals surface area contributed by atoms with Crippen molar-refractivity contribution in [1.29, 1.82) is 0 Å². The van der Waals surface area contributed by atoms with E-state index in [0.717, 1.165) is 24.5 Å². The molecule has 0 atom stereocenters. The molecule has 0 bridgehead atoms. The van der Waals surface area contributed by atoms with E-state index in [0.29, 0.717) is 22.9 Å². The number of rotatable bonds is 3. The summed E-state index contributed by atoms with van der Waals surface area (Å²) in [6.07, 6.45) is 9.94. The van der Waals surface area contributed by atoms with E-state index in [4.69, 9.17) is 5.73 Å². The highest BCUT2D eigenvalue weighted by Gasteiger charge is 2.22. The maximum absolute atomic E-state index is 11.7. The lowest BCUT2D eigenvalue weighted by Gasteiger charge is -2.12. The smallest absolute Gasteiger partial charge is 0.221 e. The van der Waals surface area contributed by atoms with Crippen LogP contribution in [-0.2, 0) is 4.79 Å². The van der Waals surface area contributed by atoms with Gasteiger partial charge in [0.05, 0.1) is 23.3 Å². The number of carbonyl (C=O) groups is 1. The van der Waals surface area contributed by atoms with E-state index < -0.39 is 0 Å². The molecule has 2 aromatic rings. The first-order valence-electron chi connectivity index (χ1n) is 9.39. The third kappa shape index (κ3) is 3.64. The quantitative estimate of drug-likeness (QED) is 0.638. The fraction of sp³-hybridized carbons (Fsp3) is 0.238. The van der Waals surface area contributed by atoms with Gasteiger partial charge in [-0.15, -0.1) is 0 Å². The van der Waals surface area contributed by atoms with Crippen molar-refractivity contribution in [3.8, 4) is 5.69 Å². The SMILES string of the molecule is CC(=O)NC1=CC(=[N+]2CCCC2)C=C/C1=N/c1cnn(-c2ccccc2)c1N. The molecule has 1 aromatic heterocycles. The van der Waals surface area contributed by atoms with Gasteiger partial charge < -0.3 is 11.1 Å². The van der Waals surface area contributed by atoms with Gasteiger partial charge in [0.25, 0.3) is 0 Å². The van der Waals surface area contributed by atoms with E-state index in [-0.39, 0.29) is 5.91 Å².